The van der Waals surface area contributed by atoms with Gasteiger partial charge in [0.05, 0.1) is 0 Å². The van der Waals surface area contributed by atoms with Crippen molar-refractivity contribution >= 4 is 5.91 Å². The summed E-state index contributed by atoms with van der Waals surface area (Å²) in [6.45, 7) is 0.539. The average Bonchev–Trinajstić information content (AvgIpc) is 3.01. The van der Waals surface area contributed by atoms with Gasteiger partial charge in [0.2, 0.25) is 0 Å². The minimum Gasteiger partial charge on any atom is -0.507 e. The summed E-state index contributed by atoms with van der Waals surface area (Å²) < 4.78 is 13.3. The Kier molecular flexibility index (Phi) is 3.08. The molecule has 4 heteroatoms. The van der Waals surface area contributed by atoms with E-state index in [0.29, 0.717) is 6.54 Å². The maximum absolute atomic E-state index is 13.3. The van der Waals surface area contributed by atoms with Gasteiger partial charge >= 0.3 is 0 Å². The van der Waals surface area contributed by atoms with Crippen LogP contribution in [0.1, 0.15) is 29.6 Å². The van der Waals surface area contributed by atoms with Gasteiger partial charge < -0.3 is 10.4 Å². The minimum absolute atomic E-state index is 0.265. The number of carbonyl (C=O) groups excluding carboxylic acids is 1. The summed E-state index contributed by atoms with van der Waals surface area (Å²) >= 11 is 0. The first kappa shape index (κ1) is 10.9. The number of hydrogen-bond donors (Lipinski definition) is 2. The molecule has 0 radical (unpaired) electrons. The maximum atomic E-state index is 13.3. The maximum Gasteiger partial charge on any atom is 0.258 e. The van der Waals surface area contributed by atoms with Crippen LogP contribution < -0.4 is 5.32 Å². The molecule has 0 unspecified atom stereocenters. The quantitative estimate of drug-likeness (QED) is 0.820. The molecule has 0 heterocycles. The molecule has 2 N–H and O–H groups in total. The number of carbonyl (C=O) groups is 1. The Morgan fingerprint density at radius 3 is 2.88 bits per heavy atom. The molecule has 0 saturated heterocycles. The molecule has 16 heavy (non-hydrogen) atoms. The van der Waals surface area contributed by atoms with E-state index in [-0.39, 0.29) is 11.3 Å². The van der Waals surface area contributed by atoms with Crippen LogP contribution in [0.3, 0.4) is 0 Å². The number of benzene rings is 1. The number of halogens is 1. The summed E-state index contributed by atoms with van der Waals surface area (Å²) in [4.78, 5) is 11.6. The van der Waals surface area contributed by atoms with Crippen molar-refractivity contribution in [3.63, 3.8) is 0 Å². The Balaban J connectivity index is 1.96. The van der Waals surface area contributed by atoms with Crippen molar-refractivity contribution < 1.29 is 14.3 Å². The van der Waals surface area contributed by atoms with Crippen LogP contribution in [0.15, 0.2) is 18.2 Å². The largest absolute Gasteiger partial charge is 0.507 e. The van der Waals surface area contributed by atoms with Crippen LogP contribution in [0, 0.1) is 11.7 Å². The molecule has 2 rings (SSSR count). The molecule has 1 aliphatic rings. The van der Waals surface area contributed by atoms with E-state index in [2.05, 4.69) is 5.32 Å². The predicted octanol–water partition coefficient (Wildman–Crippen LogP) is 2.06. The highest BCUT2D eigenvalue weighted by Gasteiger charge is 2.21. The lowest BCUT2D eigenvalue weighted by atomic mass is 10.1. The molecule has 1 fully saturated rings. The Labute approximate surface area is 93.3 Å². The van der Waals surface area contributed by atoms with E-state index in [9.17, 15) is 14.3 Å². The molecular formula is C12H14FNO2. The Morgan fingerprint density at radius 2 is 2.25 bits per heavy atom. The number of nitrogens with one attached hydrogen (secondary N) is 1. The molecule has 3 nitrogen and oxygen atoms in total. The molecule has 86 valence electrons. The summed E-state index contributed by atoms with van der Waals surface area (Å²) in [6, 6.07) is 3.83. The van der Waals surface area contributed by atoms with Gasteiger partial charge in [-0.05, 0) is 24.5 Å². The van der Waals surface area contributed by atoms with E-state index in [1.807, 2.05) is 0 Å². The zero-order valence-electron chi connectivity index (χ0n) is 8.87. The molecule has 0 atom stereocenters. The second-order valence-corrected chi connectivity index (χ2v) is 4.12. The van der Waals surface area contributed by atoms with E-state index < -0.39 is 11.7 Å². The van der Waals surface area contributed by atoms with Crippen LogP contribution in [0.4, 0.5) is 4.39 Å². The topological polar surface area (TPSA) is 49.3 Å². The van der Waals surface area contributed by atoms with Gasteiger partial charge in [-0.2, -0.15) is 0 Å². The minimum atomic E-state index is -0.691. The van der Waals surface area contributed by atoms with Gasteiger partial charge in [0.1, 0.15) is 17.1 Å². The summed E-state index contributed by atoms with van der Waals surface area (Å²) in [5.41, 5.74) is -0.265. The van der Waals surface area contributed by atoms with Crippen molar-refractivity contribution in [2.45, 2.75) is 19.3 Å². The van der Waals surface area contributed by atoms with Crippen molar-refractivity contribution in [2.24, 2.45) is 5.92 Å². The third-order valence-corrected chi connectivity index (χ3v) is 2.75. The predicted molar refractivity (Wildman–Crippen MR) is 57.7 cm³/mol. The Hall–Kier alpha value is -1.58. The zero-order chi connectivity index (χ0) is 11.5. The fourth-order valence-electron chi connectivity index (χ4n) is 1.62. The number of phenols is 1. The van der Waals surface area contributed by atoms with Gasteiger partial charge in [-0.15, -0.1) is 0 Å². The van der Waals surface area contributed by atoms with Crippen LogP contribution in [0.2, 0.25) is 0 Å². The second kappa shape index (κ2) is 4.51. The first-order chi connectivity index (χ1) is 7.68. The van der Waals surface area contributed by atoms with Gasteiger partial charge in [0, 0.05) is 6.54 Å². The molecule has 1 aliphatic carbocycles. The number of aromatic hydroxyl groups is 1. The van der Waals surface area contributed by atoms with Crippen LogP contribution >= 0.6 is 0 Å². The van der Waals surface area contributed by atoms with Crippen molar-refractivity contribution in [1.82, 2.24) is 5.32 Å². The monoisotopic (exact) mass is 223 g/mol. The molecule has 1 saturated carbocycles. The van der Waals surface area contributed by atoms with Crippen molar-refractivity contribution in [3.05, 3.63) is 29.6 Å². The molecule has 0 spiro atoms. The standard InChI is InChI=1S/C12H14FNO2/c13-9-2-1-3-10(15)11(9)12(16)14-7-6-8-4-5-8/h1-3,8,15H,4-7H2,(H,14,16). The van der Waals surface area contributed by atoms with Gasteiger partial charge in [-0.25, -0.2) is 4.39 Å². The van der Waals surface area contributed by atoms with Crippen molar-refractivity contribution in [3.8, 4) is 5.75 Å². The molecule has 1 amide bonds. The zero-order valence-corrected chi connectivity index (χ0v) is 8.87. The lowest BCUT2D eigenvalue weighted by Crippen LogP contribution is -2.25. The fraction of sp³-hybridized carbons (Fsp3) is 0.417. The van der Waals surface area contributed by atoms with Crippen molar-refractivity contribution in [1.29, 1.82) is 0 Å². The normalized spacial score (nSPS) is 14.8. The van der Waals surface area contributed by atoms with Crippen LogP contribution in [-0.4, -0.2) is 17.6 Å². The molecule has 0 bridgehead atoms. The van der Waals surface area contributed by atoms with Crippen LogP contribution in [-0.2, 0) is 0 Å². The second-order valence-electron chi connectivity index (χ2n) is 4.12. The fourth-order valence-corrected chi connectivity index (χ4v) is 1.62. The van der Waals surface area contributed by atoms with E-state index in [0.717, 1.165) is 18.4 Å². The molecule has 1 aromatic rings. The smallest absolute Gasteiger partial charge is 0.258 e. The van der Waals surface area contributed by atoms with Gasteiger partial charge in [-0.3, -0.25) is 4.79 Å². The SMILES string of the molecule is O=C(NCCC1CC1)c1c(O)cccc1F. The van der Waals surface area contributed by atoms with Crippen molar-refractivity contribution in [2.75, 3.05) is 6.54 Å². The molecule has 0 aromatic heterocycles. The van der Waals surface area contributed by atoms with Gasteiger partial charge in [0.15, 0.2) is 0 Å². The number of amides is 1. The average molecular weight is 223 g/mol. The summed E-state index contributed by atoms with van der Waals surface area (Å²) in [7, 11) is 0. The molecule has 1 aromatic carbocycles. The summed E-state index contributed by atoms with van der Waals surface area (Å²) in [6.07, 6.45) is 3.38. The van der Waals surface area contributed by atoms with Crippen LogP contribution in [0.25, 0.3) is 0 Å². The first-order valence-electron chi connectivity index (χ1n) is 5.44. The van der Waals surface area contributed by atoms with E-state index in [1.165, 1.54) is 25.0 Å². The third-order valence-electron chi connectivity index (χ3n) is 2.75. The Bertz CT molecular complexity index is 382. The van der Waals surface area contributed by atoms with Gasteiger partial charge in [0.25, 0.3) is 5.91 Å². The lowest BCUT2D eigenvalue weighted by molar-refractivity contribution is 0.0946. The number of hydrogen-bond acceptors (Lipinski definition) is 2. The number of rotatable bonds is 4. The van der Waals surface area contributed by atoms with Crippen LogP contribution in [0.5, 0.6) is 5.75 Å². The summed E-state index contributed by atoms with van der Waals surface area (Å²) in [5, 5.41) is 12.0. The summed E-state index contributed by atoms with van der Waals surface area (Å²) in [5.74, 6) is -0.835. The highest BCUT2D eigenvalue weighted by Crippen LogP contribution is 2.31. The van der Waals surface area contributed by atoms with E-state index in [1.54, 1.807) is 0 Å². The highest BCUT2D eigenvalue weighted by molar-refractivity contribution is 5.97. The lowest BCUT2D eigenvalue weighted by Gasteiger charge is -2.07. The molecule has 0 aliphatic heterocycles. The van der Waals surface area contributed by atoms with Gasteiger partial charge in [-0.1, -0.05) is 18.9 Å². The van der Waals surface area contributed by atoms with E-state index >= 15 is 0 Å². The first-order valence-corrected chi connectivity index (χ1v) is 5.44. The molecular weight excluding hydrogens is 209 g/mol. The number of phenolic OH excluding ortho intramolecular Hbond substituents is 1. The highest BCUT2D eigenvalue weighted by atomic mass is 19.1. The Morgan fingerprint density at radius 1 is 1.50 bits per heavy atom. The van der Waals surface area contributed by atoms with E-state index in [4.69, 9.17) is 0 Å². The third kappa shape index (κ3) is 2.51.